The van der Waals surface area contributed by atoms with Crippen LogP contribution in [0.3, 0.4) is 0 Å². The Bertz CT molecular complexity index is 936. The molecule has 0 atom stereocenters. The van der Waals surface area contributed by atoms with Crippen LogP contribution < -0.4 is 0 Å². The van der Waals surface area contributed by atoms with Gasteiger partial charge in [-0.2, -0.15) is 0 Å². The molecule has 0 aliphatic rings. The van der Waals surface area contributed by atoms with Crippen LogP contribution in [-0.4, -0.2) is 21.2 Å². The summed E-state index contributed by atoms with van der Waals surface area (Å²) in [6.07, 6.45) is 3.14. The summed E-state index contributed by atoms with van der Waals surface area (Å²) in [4.78, 5) is 18.9. The summed E-state index contributed by atoms with van der Waals surface area (Å²) >= 11 is 0. The average molecular weight is 307 g/mol. The number of benzene rings is 2. The van der Waals surface area contributed by atoms with Crippen molar-refractivity contribution in [3.8, 4) is 5.75 Å². The number of aromatic hydroxyl groups is 1. The first-order valence-electron chi connectivity index (χ1n) is 6.91. The fourth-order valence-corrected chi connectivity index (χ4v) is 2.31. The lowest BCUT2D eigenvalue weighted by Crippen LogP contribution is -1.93. The van der Waals surface area contributed by atoms with Crippen LogP contribution in [0.25, 0.3) is 10.9 Å². The lowest BCUT2D eigenvalue weighted by Gasteiger charge is -2.03. The SMILES string of the molecule is Cc1cc(C=Nc2ccc3ncccc3c2)c(O)c([N+](=O)[O-])c1. The van der Waals surface area contributed by atoms with E-state index in [9.17, 15) is 15.2 Å². The van der Waals surface area contributed by atoms with E-state index in [4.69, 9.17) is 0 Å². The maximum atomic E-state index is 10.9. The zero-order chi connectivity index (χ0) is 16.4. The Labute approximate surface area is 131 Å². The molecule has 3 rings (SSSR count). The average Bonchev–Trinajstić information content (AvgIpc) is 2.55. The van der Waals surface area contributed by atoms with Gasteiger partial charge in [0.05, 0.1) is 16.1 Å². The molecule has 0 fully saturated rings. The van der Waals surface area contributed by atoms with Crippen LogP contribution in [-0.2, 0) is 0 Å². The summed E-state index contributed by atoms with van der Waals surface area (Å²) in [6, 6.07) is 12.2. The molecule has 0 radical (unpaired) electrons. The van der Waals surface area contributed by atoms with E-state index in [1.165, 1.54) is 12.3 Å². The fourth-order valence-electron chi connectivity index (χ4n) is 2.31. The van der Waals surface area contributed by atoms with Gasteiger partial charge in [0.15, 0.2) is 0 Å². The molecule has 6 nitrogen and oxygen atoms in total. The maximum Gasteiger partial charge on any atom is 0.311 e. The monoisotopic (exact) mass is 307 g/mol. The number of phenols is 1. The molecule has 1 N–H and O–H groups in total. The van der Waals surface area contributed by atoms with Gasteiger partial charge in [-0.1, -0.05) is 6.07 Å². The number of nitro benzene ring substituents is 1. The molecule has 0 unspecified atom stereocenters. The normalized spacial score (nSPS) is 11.2. The summed E-state index contributed by atoms with van der Waals surface area (Å²) < 4.78 is 0. The topological polar surface area (TPSA) is 88.6 Å². The minimum absolute atomic E-state index is 0.308. The highest BCUT2D eigenvalue weighted by atomic mass is 16.6. The molecule has 0 aliphatic heterocycles. The van der Waals surface area contributed by atoms with Gasteiger partial charge in [0.2, 0.25) is 5.75 Å². The number of nitrogens with zero attached hydrogens (tertiary/aromatic N) is 3. The molecule has 23 heavy (non-hydrogen) atoms. The van der Waals surface area contributed by atoms with E-state index in [-0.39, 0.29) is 11.4 Å². The van der Waals surface area contributed by atoms with Gasteiger partial charge in [0.1, 0.15) is 0 Å². The highest BCUT2D eigenvalue weighted by molar-refractivity contribution is 5.89. The van der Waals surface area contributed by atoms with Crippen molar-refractivity contribution in [3.05, 3.63) is 69.9 Å². The predicted octanol–water partition coefficient (Wildman–Crippen LogP) is 3.91. The Morgan fingerprint density at radius 2 is 2.09 bits per heavy atom. The van der Waals surface area contributed by atoms with Crippen LogP contribution in [0.1, 0.15) is 11.1 Å². The number of aromatic nitrogens is 1. The van der Waals surface area contributed by atoms with Gasteiger partial charge in [-0.25, -0.2) is 0 Å². The molecule has 1 heterocycles. The van der Waals surface area contributed by atoms with Gasteiger partial charge in [0, 0.05) is 29.4 Å². The third-order valence-electron chi connectivity index (χ3n) is 3.40. The Hall–Kier alpha value is -3.28. The van der Waals surface area contributed by atoms with Crippen molar-refractivity contribution in [2.24, 2.45) is 4.99 Å². The summed E-state index contributed by atoms with van der Waals surface area (Å²) in [7, 11) is 0. The van der Waals surface area contributed by atoms with Gasteiger partial charge < -0.3 is 5.11 Å². The van der Waals surface area contributed by atoms with Gasteiger partial charge in [0.25, 0.3) is 0 Å². The number of aryl methyl sites for hydroxylation is 1. The lowest BCUT2D eigenvalue weighted by molar-refractivity contribution is -0.385. The summed E-state index contributed by atoms with van der Waals surface area (Å²) in [6.45, 7) is 1.73. The standard InChI is InChI=1S/C17H13N3O3/c1-11-7-13(17(21)16(8-11)20(22)23)10-19-14-4-5-15-12(9-14)3-2-6-18-15/h2-10,21H,1H3. The fraction of sp³-hybridized carbons (Fsp3) is 0.0588. The van der Waals surface area contributed by atoms with Gasteiger partial charge in [-0.15, -0.1) is 0 Å². The van der Waals surface area contributed by atoms with Crippen molar-refractivity contribution in [1.82, 2.24) is 4.98 Å². The number of hydrogen-bond donors (Lipinski definition) is 1. The molecule has 1 aromatic heterocycles. The molecular formula is C17H13N3O3. The minimum atomic E-state index is -0.610. The Kier molecular flexibility index (Phi) is 3.72. The highest BCUT2D eigenvalue weighted by Gasteiger charge is 2.16. The molecular weight excluding hydrogens is 294 g/mol. The molecule has 3 aromatic rings. The highest BCUT2D eigenvalue weighted by Crippen LogP contribution is 2.30. The van der Waals surface area contributed by atoms with Crippen LogP contribution in [0.15, 0.2) is 53.7 Å². The number of rotatable bonds is 3. The predicted molar refractivity (Wildman–Crippen MR) is 88.5 cm³/mol. The van der Waals surface area contributed by atoms with E-state index in [1.54, 1.807) is 25.3 Å². The summed E-state index contributed by atoms with van der Waals surface area (Å²) in [5, 5.41) is 21.9. The molecule has 0 aliphatic carbocycles. The van der Waals surface area contributed by atoms with Crippen LogP contribution in [0.4, 0.5) is 11.4 Å². The first kappa shape index (κ1) is 14.6. The number of phenolic OH excluding ortho intramolecular Hbond substituents is 1. The molecule has 6 heteroatoms. The van der Waals surface area contributed by atoms with Crippen LogP contribution >= 0.6 is 0 Å². The van der Waals surface area contributed by atoms with E-state index >= 15 is 0 Å². The summed E-state index contributed by atoms with van der Waals surface area (Å²) in [5.74, 6) is -0.383. The van der Waals surface area contributed by atoms with Gasteiger partial charge >= 0.3 is 5.69 Å². The van der Waals surface area contributed by atoms with E-state index in [0.717, 1.165) is 10.9 Å². The van der Waals surface area contributed by atoms with Crippen molar-refractivity contribution in [2.45, 2.75) is 6.92 Å². The molecule has 0 saturated carbocycles. The first-order chi connectivity index (χ1) is 11.0. The zero-order valence-electron chi connectivity index (χ0n) is 12.3. The van der Waals surface area contributed by atoms with E-state index in [1.807, 2.05) is 24.3 Å². The minimum Gasteiger partial charge on any atom is -0.502 e. The van der Waals surface area contributed by atoms with Crippen molar-refractivity contribution in [3.63, 3.8) is 0 Å². The largest absolute Gasteiger partial charge is 0.502 e. The molecule has 0 spiro atoms. The lowest BCUT2D eigenvalue weighted by atomic mass is 10.1. The van der Waals surface area contributed by atoms with Gasteiger partial charge in [-0.05, 0) is 42.8 Å². The van der Waals surface area contributed by atoms with E-state index < -0.39 is 4.92 Å². The van der Waals surface area contributed by atoms with Gasteiger partial charge in [-0.3, -0.25) is 20.1 Å². The number of hydrogen-bond acceptors (Lipinski definition) is 5. The van der Waals surface area contributed by atoms with Crippen molar-refractivity contribution >= 4 is 28.5 Å². The van der Waals surface area contributed by atoms with E-state index in [2.05, 4.69) is 9.98 Å². The molecule has 0 saturated heterocycles. The van der Waals surface area contributed by atoms with Crippen LogP contribution in [0, 0.1) is 17.0 Å². The third kappa shape index (κ3) is 3.01. The van der Waals surface area contributed by atoms with Crippen molar-refractivity contribution in [2.75, 3.05) is 0 Å². The number of aliphatic imine (C=N–C) groups is 1. The maximum absolute atomic E-state index is 10.9. The Morgan fingerprint density at radius 1 is 1.26 bits per heavy atom. The van der Waals surface area contributed by atoms with Crippen LogP contribution in [0.2, 0.25) is 0 Å². The second kappa shape index (κ2) is 5.84. The van der Waals surface area contributed by atoms with Crippen LogP contribution in [0.5, 0.6) is 5.75 Å². The first-order valence-corrected chi connectivity index (χ1v) is 6.91. The second-order valence-electron chi connectivity index (χ2n) is 5.12. The molecule has 114 valence electrons. The van der Waals surface area contributed by atoms with Crippen molar-refractivity contribution < 1.29 is 10.0 Å². The summed E-state index contributed by atoms with van der Waals surface area (Å²) in [5.41, 5.74) is 2.20. The second-order valence-corrected chi connectivity index (χ2v) is 5.12. The number of pyridine rings is 1. The number of nitro groups is 1. The number of fused-ring (bicyclic) bond motifs is 1. The Morgan fingerprint density at radius 3 is 2.87 bits per heavy atom. The third-order valence-corrected chi connectivity index (χ3v) is 3.40. The Balaban J connectivity index is 2.00. The molecule has 2 aromatic carbocycles. The molecule has 0 amide bonds. The molecule has 0 bridgehead atoms. The quantitative estimate of drug-likeness (QED) is 0.451. The van der Waals surface area contributed by atoms with Crippen molar-refractivity contribution in [1.29, 1.82) is 0 Å². The zero-order valence-corrected chi connectivity index (χ0v) is 12.3. The smallest absolute Gasteiger partial charge is 0.311 e. The van der Waals surface area contributed by atoms with E-state index in [0.29, 0.717) is 16.8 Å².